The number of anilines is 1. The molecule has 0 unspecified atom stereocenters. The lowest BCUT2D eigenvalue weighted by molar-refractivity contribution is -0.137. The van der Waals surface area contributed by atoms with Crippen molar-refractivity contribution >= 4 is 39.3 Å². The fourth-order valence-electron chi connectivity index (χ4n) is 1.55. The quantitative estimate of drug-likeness (QED) is 0.578. The molecular formula is C12H11BrClF3N4O2. The third-order valence-corrected chi connectivity index (χ3v) is 3.17. The van der Waals surface area contributed by atoms with E-state index in [0.717, 1.165) is 23.9 Å². The molecule has 0 fully saturated rings. The average Bonchev–Trinajstić information content (AvgIpc) is 2.78. The van der Waals surface area contributed by atoms with Crippen molar-refractivity contribution in [3.8, 4) is 5.69 Å². The Morgan fingerprint density at radius 2 is 2.09 bits per heavy atom. The molecule has 3 N–H and O–H groups in total. The van der Waals surface area contributed by atoms with Gasteiger partial charge >= 0.3 is 6.18 Å². The van der Waals surface area contributed by atoms with E-state index in [2.05, 4.69) is 26.0 Å². The number of carboxylic acids is 1. The van der Waals surface area contributed by atoms with Crippen LogP contribution in [0.1, 0.15) is 18.2 Å². The third-order valence-electron chi connectivity index (χ3n) is 2.32. The molecule has 0 aliphatic carbocycles. The van der Waals surface area contributed by atoms with Crippen LogP contribution >= 0.6 is 27.5 Å². The van der Waals surface area contributed by atoms with Crippen LogP contribution in [0.3, 0.4) is 0 Å². The number of nitrogens with zero attached hydrogens (tertiary/aromatic N) is 3. The number of halogens is 5. The number of pyridine rings is 1. The topological polar surface area (TPSA) is 94.0 Å². The summed E-state index contributed by atoms with van der Waals surface area (Å²) in [5.41, 5.74) is 4.83. The first kappa shape index (κ1) is 19.2. The predicted octanol–water partition coefficient (Wildman–Crippen LogP) is 3.51. The van der Waals surface area contributed by atoms with Crippen molar-refractivity contribution in [2.24, 2.45) is 0 Å². The molecule has 0 saturated heterocycles. The summed E-state index contributed by atoms with van der Waals surface area (Å²) < 4.78 is 39.8. The van der Waals surface area contributed by atoms with Crippen LogP contribution in [-0.2, 0) is 16.3 Å². The lowest BCUT2D eigenvalue weighted by atomic mass is 10.2. The van der Waals surface area contributed by atoms with Crippen molar-refractivity contribution in [1.29, 1.82) is 0 Å². The molecule has 126 valence electrons. The molecule has 2 rings (SSSR count). The summed E-state index contributed by atoms with van der Waals surface area (Å²) in [7, 11) is 0. The summed E-state index contributed by atoms with van der Waals surface area (Å²) in [5, 5.41) is 11.4. The molecule has 2 aromatic rings. The van der Waals surface area contributed by atoms with Crippen LogP contribution in [0.5, 0.6) is 0 Å². The molecule has 0 bridgehead atoms. The van der Waals surface area contributed by atoms with Crippen molar-refractivity contribution in [2.45, 2.75) is 18.4 Å². The van der Waals surface area contributed by atoms with Gasteiger partial charge in [0, 0.05) is 24.5 Å². The number of nitrogen functional groups attached to an aromatic ring is 1. The van der Waals surface area contributed by atoms with Gasteiger partial charge in [0.2, 0.25) is 0 Å². The van der Waals surface area contributed by atoms with Gasteiger partial charge in [0.15, 0.2) is 5.15 Å². The predicted molar refractivity (Wildman–Crippen MR) is 81.7 cm³/mol. The van der Waals surface area contributed by atoms with Crippen LogP contribution in [0.2, 0.25) is 5.15 Å². The Morgan fingerprint density at radius 1 is 1.52 bits per heavy atom. The SMILES string of the molecule is CC(=O)O.Nc1cc(CBr)nn1-c1c(C(F)(F)F)ccnc1Cl. The van der Waals surface area contributed by atoms with Gasteiger partial charge in [-0.15, -0.1) is 0 Å². The standard InChI is InChI=1S/C10H7BrClF3N4.C2H4O2/c11-4-5-3-7(16)19(18-5)8-6(10(13,14)15)1-2-17-9(8)12;1-2(3)4/h1-3H,4,16H2;1H3,(H,3,4). The molecule has 23 heavy (non-hydrogen) atoms. The van der Waals surface area contributed by atoms with Gasteiger partial charge in [0.25, 0.3) is 5.97 Å². The van der Waals surface area contributed by atoms with Gasteiger partial charge in [0.1, 0.15) is 11.5 Å². The Bertz CT molecular complexity index is 702. The van der Waals surface area contributed by atoms with Crippen LogP contribution in [0, 0.1) is 0 Å². The summed E-state index contributed by atoms with van der Waals surface area (Å²) in [6.07, 6.45) is -3.59. The summed E-state index contributed by atoms with van der Waals surface area (Å²) in [4.78, 5) is 12.6. The zero-order chi connectivity index (χ0) is 17.8. The minimum absolute atomic E-state index is 0.0508. The summed E-state index contributed by atoms with van der Waals surface area (Å²) in [6.45, 7) is 1.08. The van der Waals surface area contributed by atoms with E-state index in [9.17, 15) is 13.2 Å². The Morgan fingerprint density at radius 3 is 2.52 bits per heavy atom. The summed E-state index contributed by atoms with van der Waals surface area (Å²) >= 11 is 8.91. The Kier molecular flexibility index (Phi) is 6.39. The molecule has 0 aromatic carbocycles. The van der Waals surface area contributed by atoms with Gasteiger partial charge in [-0.05, 0) is 6.07 Å². The maximum atomic E-state index is 13.0. The second-order valence-electron chi connectivity index (χ2n) is 4.12. The van der Waals surface area contributed by atoms with Gasteiger partial charge in [-0.2, -0.15) is 18.3 Å². The van der Waals surface area contributed by atoms with Gasteiger partial charge in [0.05, 0.1) is 11.3 Å². The first-order valence-electron chi connectivity index (χ1n) is 5.90. The fraction of sp³-hybridized carbons (Fsp3) is 0.250. The van der Waals surface area contributed by atoms with Crippen LogP contribution in [-0.4, -0.2) is 25.8 Å². The largest absolute Gasteiger partial charge is 0.481 e. The fourth-order valence-corrected chi connectivity index (χ4v) is 2.06. The number of alkyl halides is 4. The van der Waals surface area contributed by atoms with Crippen LogP contribution in [0.15, 0.2) is 18.3 Å². The number of aliphatic carboxylic acids is 1. The molecule has 11 heteroatoms. The smallest absolute Gasteiger partial charge is 0.418 e. The Balaban J connectivity index is 0.000000593. The normalized spacial score (nSPS) is 10.9. The molecule has 2 aromatic heterocycles. The summed E-state index contributed by atoms with van der Waals surface area (Å²) in [6, 6.07) is 2.29. The second kappa shape index (κ2) is 7.64. The molecule has 0 aliphatic heterocycles. The number of carbonyl (C=O) groups is 1. The highest BCUT2D eigenvalue weighted by Gasteiger charge is 2.36. The van der Waals surface area contributed by atoms with Crippen LogP contribution in [0.4, 0.5) is 19.0 Å². The first-order chi connectivity index (χ1) is 10.6. The van der Waals surface area contributed by atoms with Crippen molar-refractivity contribution < 1.29 is 23.1 Å². The molecule has 0 amide bonds. The maximum Gasteiger partial charge on any atom is 0.418 e. The monoisotopic (exact) mass is 414 g/mol. The van der Waals surface area contributed by atoms with E-state index >= 15 is 0 Å². The molecule has 6 nitrogen and oxygen atoms in total. The molecule has 2 heterocycles. The number of hydrogen-bond donors (Lipinski definition) is 2. The maximum absolute atomic E-state index is 13.0. The van der Waals surface area contributed by atoms with E-state index in [0.29, 0.717) is 11.0 Å². The van der Waals surface area contributed by atoms with E-state index in [4.69, 9.17) is 27.2 Å². The minimum Gasteiger partial charge on any atom is -0.481 e. The lowest BCUT2D eigenvalue weighted by Crippen LogP contribution is -2.14. The van der Waals surface area contributed by atoms with Crippen LogP contribution < -0.4 is 5.73 Å². The zero-order valence-corrected chi connectivity index (χ0v) is 13.9. The number of carboxylic acid groups (broad SMARTS) is 1. The zero-order valence-electron chi connectivity index (χ0n) is 11.6. The third kappa shape index (κ3) is 5.10. The van der Waals surface area contributed by atoms with Crippen molar-refractivity contribution in [3.05, 3.63) is 34.7 Å². The van der Waals surface area contributed by atoms with Crippen molar-refractivity contribution in [1.82, 2.24) is 14.8 Å². The Hall–Kier alpha value is -1.81. The molecule has 0 aliphatic rings. The molecular weight excluding hydrogens is 405 g/mol. The van der Waals surface area contributed by atoms with Gasteiger partial charge in [-0.1, -0.05) is 27.5 Å². The highest BCUT2D eigenvalue weighted by molar-refractivity contribution is 9.08. The summed E-state index contributed by atoms with van der Waals surface area (Å²) in [5.74, 6) is -0.783. The second-order valence-corrected chi connectivity index (χ2v) is 5.04. The minimum atomic E-state index is -4.57. The van der Waals surface area contributed by atoms with E-state index in [1.807, 2.05) is 0 Å². The van der Waals surface area contributed by atoms with E-state index in [1.165, 1.54) is 6.07 Å². The number of hydrogen-bond acceptors (Lipinski definition) is 4. The highest BCUT2D eigenvalue weighted by atomic mass is 79.9. The first-order valence-corrected chi connectivity index (χ1v) is 7.39. The van der Waals surface area contributed by atoms with E-state index in [1.54, 1.807) is 0 Å². The van der Waals surface area contributed by atoms with Gasteiger partial charge < -0.3 is 10.8 Å². The van der Waals surface area contributed by atoms with Crippen molar-refractivity contribution in [3.63, 3.8) is 0 Å². The molecule has 0 spiro atoms. The molecule has 0 saturated carbocycles. The molecule has 0 radical (unpaired) electrons. The number of nitrogens with two attached hydrogens (primary N) is 1. The van der Waals surface area contributed by atoms with Crippen molar-refractivity contribution in [2.75, 3.05) is 5.73 Å². The average molecular weight is 416 g/mol. The van der Waals surface area contributed by atoms with Gasteiger partial charge in [-0.3, -0.25) is 4.79 Å². The lowest BCUT2D eigenvalue weighted by Gasteiger charge is -2.14. The highest BCUT2D eigenvalue weighted by Crippen LogP contribution is 2.37. The number of aromatic nitrogens is 3. The molecule has 0 atom stereocenters. The Labute approximate surface area is 142 Å². The van der Waals surface area contributed by atoms with E-state index in [-0.39, 0.29) is 16.7 Å². The van der Waals surface area contributed by atoms with Gasteiger partial charge in [-0.25, -0.2) is 9.67 Å². The number of rotatable bonds is 2. The van der Waals surface area contributed by atoms with Crippen LogP contribution in [0.25, 0.3) is 5.69 Å². The van der Waals surface area contributed by atoms with E-state index < -0.39 is 17.7 Å².